The summed E-state index contributed by atoms with van der Waals surface area (Å²) >= 11 is 0. The summed E-state index contributed by atoms with van der Waals surface area (Å²) in [4.78, 5) is 24.1. The van der Waals surface area contributed by atoms with Gasteiger partial charge in [-0.15, -0.1) is 0 Å². The first kappa shape index (κ1) is 14.8. The molecule has 1 N–H and O–H groups in total. The topological polar surface area (TPSA) is 72.7 Å². The Bertz CT molecular complexity index is 870. The number of carbonyl (C=O) groups excluding carboxylic acids is 2. The molecule has 2 aromatic heterocycles. The molecule has 0 saturated carbocycles. The number of nitrogens with zero attached hydrogens (tertiary/aromatic N) is 2. The van der Waals surface area contributed by atoms with E-state index in [1.54, 1.807) is 35.0 Å². The van der Waals surface area contributed by atoms with E-state index in [0.717, 1.165) is 11.1 Å². The maximum absolute atomic E-state index is 12.4. The fourth-order valence-electron chi connectivity index (χ4n) is 2.36. The van der Waals surface area contributed by atoms with Gasteiger partial charge in [0.1, 0.15) is 0 Å². The first-order valence-corrected chi connectivity index (χ1v) is 7.07. The number of methoxy groups -OCH3 is 1. The van der Waals surface area contributed by atoms with Crippen LogP contribution in [-0.2, 0) is 11.3 Å². The number of aromatic nitrogens is 2. The predicted octanol–water partition coefficient (Wildman–Crippen LogP) is 2.05. The first-order valence-electron chi connectivity index (χ1n) is 7.07. The van der Waals surface area contributed by atoms with Crippen LogP contribution in [0, 0.1) is 0 Å². The summed E-state index contributed by atoms with van der Waals surface area (Å²) in [5, 5.41) is 7.03. The van der Waals surface area contributed by atoms with Gasteiger partial charge in [0, 0.05) is 18.3 Å². The number of benzene rings is 1. The van der Waals surface area contributed by atoms with E-state index < -0.39 is 5.97 Å². The van der Waals surface area contributed by atoms with Crippen LogP contribution in [0.2, 0.25) is 0 Å². The van der Waals surface area contributed by atoms with Crippen LogP contribution in [0.15, 0.2) is 54.9 Å². The van der Waals surface area contributed by atoms with Crippen LogP contribution < -0.4 is 5.32 Å². The number of amides is 1. The van der Waals surface area contributed by atoms with E-state index in [2.05, 4.69) is 10.4 Å². The predicted molar refractivity (Wildman–Crippen MR) is 84.1 cm³/mol. The lowest BCUT2D eigenvalue weighted by Crippen LogP contribution is -2.25. The molecular weight excluding hydrogens is 294 g/mol. The van der Waals surface area contributed by atoms with Crippen molar-refractivity contribution >= 4 is 17.4 Å². The highest BCUT2D eigenvalue weighted by Gasteiger charge is 2.17. The van der Waals surface area contributed by atoms with Gasteiger partial charge in [-0.2, -0.15) is 5.10 Å². The fraction of sp³-hybridized carbons (Fsp3) is 0.118. The van der Waals surface area contributed by atoms with Crippen molar-refractivity contribution < 1.29 is 14.3 Å². The molecule has 0 aliphatic heterocycles. The minimum Gasteiger partial charge on any atom is -0.465 e. The molecule has 0 fully saturated rings. The summed E-state index contributed by atoms with van der Waals surface area (Å²) in [7, 11) is 1.29. The van der Waals surface area contributed by atoms with E-state index in [4.69, 9.17) is 4.74 Å². The zero-order valence-electron chi connectivity index (χ0n) is 12.5. The highest BCUT2D eigenvalue weighted by molar-refractivity contribution is 6.05. The molecule has 1 amide bonds. The number of carbonyl (C=O) groups is 2. The molecule has 0 aliphatic rings. The maximum Gasteiger partial charge on any atom is 0.338 e. The molecule has 6 heteroatoms. The average Bonchev–Trinajstić information content (AvgIpc) is 3.02. The average molecular weight is 309 g/mol. The molecule has 0 atom stereocenters. The molecule has 2 heterocycles. The number of ether oxygens (including phenoxy) is 1. The minimum atomic E-state index is -0.535. The van der Waals surface area contributed by atoms with E-state index in [-0.39, 0.29) is 17.0 Å². The summed E-state index contributed by atoms with van der Waals surface area (Å²) in [6.45, 7) is 0.321. The fourth-order valence-corrected chi connectivity index (χ4v) is 2.36. The third kappa shape index (κ3) is 2.91. The first-order chi connectivity index (χ1) is 11.2. The lowest BCUT2D eigenvalue weighted by molar-refractivity contribution is 0.0596. The van der Waals surface area contributed by atoms with Crippen molar-refractivity contribution in [3.8, 4) is 0 Å². The van der Waals surface area contributed by atoms with E-state index in [1.165, 1.54) is 7.11 Å². The Morgan fingerprint density at radius 3 is 2.65 bits per heavy atom. The Balaban J connectivity index is 1.79. The van der Waals surface area contributed by atoms with Crippen molar-refractivity contribution in [2.75, 3.05) is 7.11 Å². The van der Waals surface area contributed by atoms with Crippen molar-refractivity contribution in [2.24, 2.45) is 0 Å². The number of hydrogen-bond acceptors (Lipinski definition) is 4. The molecule has 0 bridgehead atoms. The Hall–Kier alpha value is -3.15. The van der Waals surface area contributed by atoms with E-state index in [1.807, 2.05) is 24.4 Å². The number of fused-ring (bicyclic) bond motifs is 1. The lowest BCUT2D eigenvalue weighted by Gasteiger charge is -2.08. The van der Waals surface area contributed by atoms with Gasteiger partial charge in [-0.1, -0.05) is 18.2 Å². The van der Waals surface area contributed by atoms with Crippen LogP contribution in [0.3, 0.4) is 0 Å². The summed E-state index contributed by atoms with van der Waals surface area (Å²) in [5.41, 5.74) is 2.35. The highest BCUT2D eigenvalue weighted by Crippen LogP contribution is 2.12. The molecule has 3 rings (SSSR count). The zero-order chi connectivity index (χ0) is 16.2. The molecule has 6 nitrogen and oxygen atoms in total. The van der Waals surface area contributed by atoms with E-state index in [0.29, 0.717) is 6.54 Å². The normalized spacial score (nSPS) is 10.5. The number of hydrogen-bond donors (Lipinski definition) is 1. The van der Waals surface area contributed by atoms with E-state index >= 15 is 0 Å². The molecule has 0 spiro atoms. The van der Waals surface area contributed by atoms with Crippen LogP contribution in [-0.4, -0.2) is 28.6 Å². The molecular formula is C17H15N3O3. The molecule has 116 valence electrons. The van der Waals surface area contributed by atoms with E-state index in [9.17, 15) is 9.59 Å². The second-order valence-corrected chi connectivity index (χ2v) is 4.92. The molecule has 1 aromatic carbocycles. The summed E-state index contributed by atoms with van der Waals surface area (Å²) < 4.78 is 6.44. The quantitative estimate of drug-likeness (QED) is 0.749. The zero-order valence-corrected chi connectivity index (χ0v) is 12.5. The second kappa shape index (κ2) is 6.31. The second-order valence-electron chi connectivity index (χ2n) is 4.92. The molecule has 0 unspecified atom stereocenters. The van der Waals surface area contributed by atoms with Gasteiger partial charge in [0.2, 0.25) is 0 Å². The van der Waals surface area contributed by atoms with Crippen molar-refractivity contribution in [1.29, 1.82) is 0 Å². The van der Waals surface area contributed by atoms with Gasteiger partial charge >= 0.3 is 5.97 Å². The van der Waals surface area contributed by atoms with Crippen molar-refractivity contribution in [1.82, 2.24) is 14.9 Å². The SMILES string of the molecule is COC(=O)c1ccccc1C(=O)NCc1cnn2ccccc12. The van der Waals surface area contributed by atoms with Crippen LogP contribution in [0.5, 0.6) is 0 Å². The third-order valence-electron chi connectivity index (χ3n) is 3.52. The van der Waals surface area contributed by atoms with Gasteiger partial charge in [-0.05, 0) is 24.3 Å². The molecule has 23 heavy (non-hydrogen) atoms. The highest BCUT2D eigenvalue weighted by atomic mass is 16.5. The van der Waals surface area contributed by atoms with Crippen molar-refractivity contribution in [3.63, 3.8) is 0 Å². The number of rotatable bonds is 4. The van der Waals surface area contributed by atoms with Gasteiger partial charge < -0.3 is 10.1 Å². The molecule has 0 aliphatic carbocycles. The number of esters is 1. The maximum atomic E-state index is 12.4. The van der Waals surface area contributed by atoms with Crippen LogP contribution >= 0.6 is 0 Å². The lowest BCUT2D eigenvalue weighted by atomic mass is 10.1. The Morgan fingerprint density at radius 1 is 1.13 bits per heavy atom. The summed E-state index contributed by atoms with van der Waals surface area (Å²) in [6.07, 6.45) is 3.55. The van der Waals surface area contributed by atoms with Gasteiger partial charge in [-0.25, -0.2) is 9.31 Å². The van der Waals surface area contributed by atoms with Crippen LogP contribution in [0.4, 0.5) is 0 Å². The summed E-state index contributed by atoms with van der Waals surface area (Å²) in [6, 6.07) is 12.3. The van der Waals surface area contributed by atoms with Crippen LogP contribution in [0.25, 0.3) is 5.52 Å². The van der Waals surface area contributed by atoms with Crippen LogP contribution in [0.1, 0.15) is 26.3 Å². The van der Waals surface area contributed by atoms with Gasteiger partial charge in [-0.3, -0.25) is 4.79 Å². The number of nitrogens with one attached hydrogen (secondary N) is 1. The largest absolute Gasteiger partial charge is 0.465 e. The standard InChI is InChI=1S/C17H15N3O3/c1-23-17(22)14-7-3-2-6-13(14)16(21)18-10-12-11-19-20-9-5-4-8-15(12)20/h2-9,11H,10H2,1H3,(H,18,21). The number of pyridine rings is 1. The minimum absolute atomic E-state index is 0.243. The third-order valence-corrected chi connectivity index (χ3v) is 3.52. The molecule has 0 saturated heterocycles. The Kier molecular flexibility index (Phi) is 4.05. The van der Waals surface area contributed by atoms with Crippen molar-refractivity contribution in [3.05, 3.63) is 71.5 Å². The van der Waals surface area contributed by atoms with Gasteiger partial charge in [0.25, 0.3) is 5.91 Å². The monoisotopic (exact) mass is 309 g/mol. The smallest absolute Gasteiger partial charge is 0.338 e. The molecule has 3 aromatic rings. The Labute approximate surface area is 132 Å². The Morgan fingerprint density at radius 2 is 1.87 bits per heavy atom. The van der Waals surface area contributed by atoms with Gasteiger partial charge in [0.05, 0.1) is 30.0 Å². The molecule has 0 radical (unpaired) electrons. The summed E-state index contributed by atoms with van der Waals surface area (Å²) in [5.74, 6) is -0.868. The van der Waals surface area contributed by atoms with Gasteiger partial charge in [0.15, 0.2) is 0 Å². The van der Waals surface area contributed by atoms with Crippen molar-refractivity contribution in [2.45, 2.75) is 6.54 Å².